The Labute approximate surface area is 187 Å². The van der Waals surface area contributed by atoms with E-state index in [2.05, 4.69) is 23.5 Å². The number of aromatic nitrogens is 3. The number of hydrogen-bond donors (Lipinski definition) is 0. The van der Waals surface area contributed by atoms with E-state index in [1.807, 2.05) is 13.8 Å². The molecule has 3 heterocycles. The maximum atomic E-state index is 14.0. The normalized spacial score (nSPS) is 10.8. The van der Waals surface area contributed by atoms with Crippen LogP contribution in [0.2, 0.25) is 0 Å². The molecule has 0 atom stereocenters. The van der Waals surface area contributed by atoms with Crippen LogP contribution in [0.1, 0.15) is 48.0 Å². The maximum absolute atomic E-state index is 14.0. The lowest BCUT2D eigenvalue weighted by atomic mass is 10.2. The van der Waals surface area contributed by atoms with Crippen LogP contribution in [0, 0.1) is 26.6 Å². The van der Waals surface area contributed by atoms with Crippen LogP contribution in [-0.4, -0.2) is 21.1 Å². The quantitative estimate of drug-likeness (QED) is 0.346. The molecule has 3 rings (SSSR count). The Hall–Kier alpha value is -3.48. The predicted octanol–water partition coefficient (Wildman–Crippen LogP) is 5.06. The van der Waals surface area contributed by atoms with Crippen LogP contribution >= 0.6 is 0 Å². The number of ether oxygens (including phenoxy) is 2. The number of rotatable bonds is 9. The van der Waals surface area contributed by atoms with Crippen LogP contribution in [0.4, 0.5) is 4.39 Å². The van der Waals surface area contributed by atoms with Crippen molar-refractivity contribution in [3.05, 3.63) is 87.6 Å². The highest BCUT2D eigenvalue weighted by Crippen LogP contribution is 2.21. The second-order valence-corrected chi connectivity index (χ2v) is 7.72. The van der Waals surface area contributed by atoms with Crippen molar-refractivity contribution in [3.63, 3.8) is 0 Å². The first-order chi connectivity index (χ1) is 15.3. The van der Waals surface area contributed by atoms with Gasteiger partial charge in [-0.15, -0.1) is 0 Å². The molecule has 0 amide bonds. The van der Waals surface area contributed by atoms with Gasteiger partial charge in [0.25, 0.3) is 5.56 Å². The summed E-state index contributed by atoms with van der Waals surface area (Å²) in [5.41, 5.74) is 3.42. The molecule has 0 fully saturated rings. The molecule has 0 aromatic carbocycles. The highest BCUT2D eigenvalue weighted by Gasteiger charge is 2.13. The Morgan fingerprint density at radius 3 is 2.59 bits per heavy atom. The fourth-order valence-electron chi connectivity index (χ4n) is 3.20. The first kappa shape index (κ1) is 23.2. The summed E-state index contributed by atoms with van der Waals surface area (Å²) in [6.07, 6.45) is 5.23. The molecule has 0 spiro atoms. The van der Waals surface area contributed by atoms with Gasteiger partial charge in [0.1, 0.15) is 35.3 Å². The summed E-state index contributed by atoms with van der Waals surface area (Å²) in [5.74, 6) is 0.388. The van der Waals surface area contributed by atoms with E-state index in [0.29, 0.717) is 35.2 Å². The Kier molecular flexibility index (Phi) is 7.41. The van der Waals surface area contributed by atoms with E-state index in [-0.39, 0.29) is 17.9 Å². The van der Waals surface area contributed by atoms with E-state index in [0.717, 1.165) is 24.0 Å². The molecule has 0 aliphatic carbocycles. The average molecular weight is 438 g/mol. The zero-order valence-corrected chi connectivity index (χ0v) is 18.9. The van der Waals surface area contributed by atoms with Gasteiger partial charge in [-0.05, 0) is 50.5 Å². The van der Waals surface area contributed by atoms with Crippen LogP contribution in [0.5, 0.6) is 5.75 Å². The van der Waals surface area contributed by atoms with Crippen molar-refractivity contribution < 1.29 is 13.9 Å². The Bertz CT molecular complexity index is 1190. The largest absolute Gasteiger partial charge is 0.492 e. The number of hydrogen-bond acceptors (Lipinski definition) is 5. The SMILES string of the molecule is C=C(OCCCC)c1cc(-n2c(C)cc(OCc3ncc(C)cc3F)cc2=O)c(C)cn1. The van der Waals surface area contributed by atoms with Crippen molar-refractivity contribution in [2.24, 2.45) is 0 Å². The highest BCUT2D eigenvalue weighted by molar-refractivity contribution is 5.58. The first-order valence-electron chi connectivity index (χ1n) is 10.6. The van der Waals surface area contributed by atoms with Crippen LogP contribution in [0.15, 0.2) is 48.0 Å². The molecule has 0 N–H and O–H groups in total. The van der Waals surface area contributed by atoms with Crippen LogP contribution < -0.4 is 10.3 Å². The summed E-state index contributed by atoms with van der Waals surface area (Å²) in [7, 11) is 0. The third-order valence-corrected chi connectivity index (χ3v) is 5.00. The van der Waals surface area contributed by atoms with Crippen molar-refractivity contribution >= 4 is 5.76 Å². The van der Waals surface area contributed by atoms with Gasteiger partial charge in [-0.3, -0.25) is 19.3 Å². The van der Waals surface area contributed by atoms with E-state index in [1.54, 1.807) is 36.0 Å². The molecular formula is C25H28FN3O3. The minimum Gasteiger partial charge on any atom is -0.492 e. The molecule has 32 heavy (non-hydrogen) atoms. The third-order valence-electron chi connectivity index (χ3n) is 5.00. The van der Waals surface area contributed by atoms with Gasteiger partial charge in [0.15, 0.2) is 0 Å². The van der Waals surface area contributed by atoms with Gasteiger partial charge in [-0.1, -0.05) is 19.9 Å². The molecule has 0 saturated heterocycles. The fraction of sp³-hybridized carbons (Fsp3) is 0.320. The van der Waals surface area contributed by atoms with Crippen molar-refractivity contribution in [1.29, 1.82) is 0 Å². The minimum atomic E-state index is -0.434. The second kappa shape index (κ2) is 10.2. The highest BCUT2D eigenvalue weighted by atomic mass is 19.1. The molecule has 0 aliphatic heterocycles. The van der Waals surface area contributed by atoms with E-state index < -0.39 is 5.82 Å². The van der Waals surface area contributed by atoms with E-state index in [1.165, 1.54) is 12.1 Å². The smallest absolute Gasteiger partial charge is 0.259 e. The van der Waals surface area contributed by atoms with E-state index in [4.69, 9.17) is 9.47 Å². The maximum Gasteiger partial charge on any atom is 0.259 e. The lowest BCUT2D eigenvalue weighted by Gasteiger charge is -2.16. The molecule has 168 valence electrons. The van der Waals surface area contributed by atoms with Crippen molar-refractivity contribution in [1.82, 2.24) is 14.5 Å². The van der Waals surface area contributed by atoms with Crippen LogP contribution in [0.25, 0.3) is 11.4 Å². The van der Waals surface area contributed by atoms with Gasteiger partial charge in [0.2, 0.25) is 0 Å². The minimum absolute atomic E-state index is 0.0671. The van der Waals surface area contributed by atoms with Gasteiger partial charge in [-0.25, -0.2) is 4.39 Å². The fourth-order valence-corrected chi connectivity index (χ4v) is 3.20. The summed E-state index contributed by atoms with van der Waals surface area (Å²) < 4.78 is 26.9. The lowest BCUT2D eigenvalue weighted by molar-refractivity contribution is 0.270. The van der Waals surface area contributed by atoms with Gasteiger partial charge < -0.3 is 9.47 Å². The van der Waals surface area contributed by atoms with Crippen molar-refractivity contribution in [3.8, 4) is 11.4 Å². The van der Waals surface area contributed by atoms with Gasteiger partial charge in [0, 0.05) is 30.2 Å². The summed E-state index contributed by atoms with van der Waals surface area (Å²) in [6.45, 7) is 12.0. The monoisotopic (exact) mass is 437 g/mol. The molecular weight excluding hydrogens is 409 g/mol. The van der Waals surface area contributed by atoms with Crippen LogP contribution in [-0.2, 0) is 11.3 Å². The van der Waals surface area contributed by atoms with Crippen molar-refractivity contribution in [2.45, 2.75) is 47.1 Å². The van der Waals surface area contributed by atoms with Gasteiger partial charge in [0.05, 0.1) is 12.3 Å². The zero-order chi connectivity index (χ0) is 23.3. The third kappa shape index (κ3) is 5.41. The predicted molar refractivity (Wildman–Crippen MR) is 122 cm³/mol. The van der Waals surface area contributed by atoms with E-state index >= 15 is 0 Å². The first-order valence-corrected chi connectivity index (χ1v) is 10.6. The summed E-state index contributed by atoms with van der Waals surface area (Å²) in [6, 6.07) is 6.31. The van der Waals surface area contributed by atoms with Gasteiger partial charge >= 0.3 is 0 Å². The molecule has 0 saturated carbocycles. The number of pyridine rings is 3. The van der Waals surface area contributed by atoms with E-state index in [9.17, 15) is 9.18 Å². The summed E-state index contributed by atoms with van der Waals surface area (Å²) in [5, 5.41) is 0. The Morgan fingerprint density at radius 2 is 1.91 bits per heavy atom. The summed E-state index contributed by atoms with van der Waals surface area (Å²) in [4.78, 5) is 21.4. The number of halogens is 1. The molecule has 0 aliphatic rings. The molecule has 0 unspecified atom stereocenters. The molecule has 0 bridgehead atoms. The van der Waals surface area contributed by atoms with Gasteiger partial charge in [-0.2, -0.15) is 0 Å². The molecule has 3 aromatic rings. The second-order valence-electron chi connectivity index (χ2n) is 7.72. The number of unbranched alkanes of at least 4 members (excludes halogenated alkanes) is 1. The lowest BCUT2D eigenvalue weighted by Crippen LogP contribution is -2.21. The molecule has 6 nitrogen and oxygen atoms in total. The molecule has 0 radical (unpaired) electrons. The summed E-state index contributed by atoms with van der Waals surface area (Å²) >= 11 is 0. The molecule has 7 heteroatoms. The van der Waals surface area contributed by atoms with Crippen LogP contribution in [0.3, 0.4) is 0 Å². The Morgan fingerprint density at radius 1 is 1.12 bits per heavy atom. The zero-order valence-electron chi connectivity index (χ0n) is 18.9. The number of aryl methyl sites for hydroxylation is 3. The molecule has 3 aromatic heterocycles. The standard InChI is InChI=1S/C25H28FN3O3/c1-6-7-8-31-19(5)22-12-24(17(3)14-28-22)29-18(4)10-20(11-25(29)30)32-15-23-21(26)9-16(2)13-27-23/h9-14H,5-8,15H2,1-4H3. The number of nitrogens with zero attached hydrogens (tertiary/aromatic N) is 3. The average Bonchev–Trinajstić information content (AvgIpc) is 2.74. The topological polar surface area (TPSA) is 66.2 Å². The van der Waals surface area contributed by atoms with Crippen molar-refractivity contribution in [2.75, 3.05) is 6.61 Å². The Balaban J connectivity index is 1.85.